The topological polar surface area (TPSA) is 59.1 Å². The standard InChI is InChI=1S/C8H10F2N2O/c1-4-2-6(11)5(3-13)7(12-4)8(9)10/h2,8,13H,3H2,1H3,(H2,11,12). The Labute approximate surface area is 74.2 Å². The van der Waals surface area contributed by atoms with E-state index in [9.17, 15) is 8.78 Å². The van der Waals surface area contributed by atoms with Gasteiger partial charge >= 0.3 is 0 Å². The Bertz CT molecular complexity index is 315. The van der Waals surface area contributed by atoms with E-state index in [0.29, 0.717) is 5.69 Å². The lowest BCUT2D eigenvalue weighted by atomic mass is 10.1. The average molecular weight is 188 g/mol. The molecular formula is C8H10F2N2O. The summed E-state index contributed by atoms with van der Waals surface area (Å²) < 4.78 is 24.7. The van der Waals surface area contributed by atoms with E-state index in [1.807, 2.05) is 0 Å². The van der Waals surface area contributed by atoms with Gasteiger partial charge in [0.25, 0.3) is 6.43 Å². The zero-order valence-corrected chi connectivity index (χ0v) is 7.09. The fourth-order valence-electron chi connectivity index (χ4n) is 1.10. The van der Waals surface area contributed by atoms with Gasteiger partial charge in [-0.05, 0) is 13.0 Å². The van der Waals surface area contributed by atoms with Crippen molar-refractivity contribution in [2.45, 2.75) is 20.0 Å². The number of hydrogen-bond acceptors (Lipinski definition) is 3. The van der Waals surface area contributed by atoms with Crippen molar-refractivity contribution in [2.24, 2.45) is 0 Å². The van der Waals surface area contributed by atoms with Crippen molar-refractivity contribution in [2.75, 3.05) is 5.73 Å². The van der Waals surface area contributed by atoms with Crippen molar-refractivity contribution in [3.8, 4) is 0 Å². The van der Waals surface area contributed by atoms with E-state index in [0.717, 1.165) is 0 Å². The van der Waals surface area contributed by atoms with Crippen molar-refractivity contribution in [3.63, 3.8) is 0 Å². The predicted octanol–water partition coefficient (Wildman–Crippen LogP) is 1.40. The molecule has 0 aromatic carbocycles. The molecule has 3 N–H and O–H groups in total. The third-order valence-corrected chi connectivity index (χ3v) is 1.68. The third-order valence-electron chi connectivity index (χ3n) is 1.68. The number of aliphatic hydroxyl groups excluding tert-OH is 1. The van der Waals surface area contributed by atoms with Crippen LogP contribution in [-0.2, 0) is 6.61 Å². The van der Waals surface area contributed by atoms with Crippen LogP contribution >= 0.6 is 0 Å². The molecule has 0 aliphatic rings. The zero-order chi connectivity index (χ0) is 10.0. The number of pyridine rings is 1. The molecule has 1 heterocycles. The molecule has 0 spiro atoms. The van der Waals surface area contributed by atoms with Crippen LogP contribution < -0.4 is 5.73 Å². The van der Waals surface area contributed by atoms with Crippen LogP contribution in [0.1, 0.15) is 23.4 Å². The minimum absolute atomic E-state index is 0.0144. The van der Waals surface area contributed by atoms with Crippen LogP contribution in [0.5, 0.6) is 0 Å². The first-order valence-electron chi connectivity index (χ1n) is 3.71. The second-order valence-corrected chi connectivity index (χ2v) is 2.68. The highest BCUT2D eigenvalue weighted by atomic mass is 19.3. The molecule has 0 unspecified atom stereocenters. The van der Waals surface area contributed by atoms with Gasteiger partial charge in [-0.2, -0.15) is 0 Å². The molecule has 0 fully saturated rings. The highest BCUT2D eigenvalue weighted by molar-refractivity contribution is 5.49. The normalized spacial score (nSPS) is 10.8. The SMILES string of the molecule is Cc1cc(N)c(CO)c(C(F)F)n1. The molecule has 3 nitrogen and oxygen atoms in total. The Hall–Kier alpha value is -1.23. The van der Waals surface area contributed by atoms with E-state index in [1.165, 1.54) is 6.07 Å². The summed E-state index contributed by atoms with van der Waals surface area (Å²) in [5.74, 6) is 0. The van der Waals surface area contributed by atoms with Crippen LogP contribution in [0.4, 0.5) is 14.5 Å². The van der Waals surface area contributed by atoms with Crippen LogP contribution in [0.3, 0.4) is 0 Å². The van der Waals surface area contributed by atoms with E-state index in [4.69, 9.17) is 10.8 Å². The second kappa shape index (κ2) is 3.66. The maximum absolute atomic E-state index is 12.3. The van der Waals surface area contributed by atoms with Gasteiger partial charge in [-0.1, -0.05) is 0 Å². The smallest absolute Gasteiger partial charge is 0.280 e. The van der Waals surface area contributed by atoms with Crippen LogP contribution in [0.15, 0.2) is 6.07 Å². The monoisotopic (exact) mass is 188 g/mol. The molecule has 0 bridgehead atoms. The first-order valence-corrected chi connectivity index (χ1v) is 3.71. The van der Waals surface area contributed by atoms with Crippen molar-refractivity contribution >= 4 is 5.69 Å². The number of aliphatic hydroxyl groups is 1. The molecule has 5 heteroatoms. The van der Waals surface area contributed by atoms with E-state index >= 15 is 0 Å². The summed E-state index contributed by atoms with van der Waals surface area (Å²) >= 11 is 0. The second-order valence-electron chi connectivity index (χ2n) is 2.68. The summed E-state index contributed by atoms with van der Waals surface area (Å²) in [5.41, 5.74) is 5.60. The Kier molecular flexibility index (Phi) is 2.77. The van der Waals surface area contributed by atoms with Crippen molar-refractivity contribution in [1.82, 2.24) is 4.98 Å². The van der Waals surface area contributed by atoms with E-state index < -0.39 is 18.7 Å². The largest absolute Gasteiger partial charge is 0.398 e. The number of hydrogen-bond donors (Lipinski definition) is 2. The molecule has 72 valence electrons. The number of anilines is 1. The molecule has 0 radical (unpaired) electrons. The first kappa shape index (κ1) is 9.85. The fourth-order valence-corrected chi connectivity index (χ4v) is 1.10. The maximum atomic E-state index is 12.3. The molecule has 1 rings (SSSR count). The van der Waals surface area contributed by atoms with Crippen molar-refractivity contribution in [3.05, 3.63) is 23.0 Å². The molecule has 13 heavy (non-hydrogen) atoms. The maximum Gasteiger partial charge on any atom is 0.280 e. The van der Waals surface area contributed by atoms with Crippen molar-refractivity contribution in [1.29, 1.82) is 0 Å². The summed E-state index contributed by atoms with van der Waals surface area (Å²) in [7, 11) is 0. The predicted molar refractivity (Wildman–Crippen MR) is 44.3 cm³/mol. The number of alkyl halides is 2. The van der Waals surface area contributed by atoms with Gasteiger partial charge < -0.3 is 10.8 Å². The summed E-state index contributed by atoms with van der Waals surface area (Å²) in [6, 6.07) is 1.46. The van der Waals surface area contributed by atoms with Crippen LogP contribution in [0, 0.1) is 6.92 Å². The number of aromatic nitrogens is 1. The number of aryl methyl sites for hydroxylation is 1. The van der Waals surface area contributed by atoms with Crippen molar-refractivity contribution < 1.29 is 13.9 Å². The van der Waals surface area contributed by atoms with Gasteiger partial charge in [0, 0.05) is 16.9 Å². The van der Waals surface area contributed by atoms with Crippen LogP contribution in [-0.4, -0.2) is 10.1 Å². The lowest BCUT2D eigenvalue weighted by Gasteiger charge is -2.09. The molecule has 0 saturated heterocycles. The molecule has 0 amide bonds. The number of nitrogen functional groups attached to an aromatic ring is 1. The minimum atomic E-state index is -2.70. The van der Waals surface area contributed by atoms with E-state index in [2.05, 4.69) is 4.98 Å². The van der Waals surface area contributed by atoms with Crippen LogP contribution in [0.2, 0.25) is 0 Å². The summed E-state index contributed by atoms with van der Waals surface area (Å²) in [5, 5.41) is 8.79. The molecule has 1 aromatic rings. The van der Waals surface area contributed by atoms with Gasteiger partial charge in [0.15, 0.2) is 0 Å². The Balaban J connectivity index is 3.29. The Morgan fingerprint density at radius 3 is 2.69 bits per heavy atom. The quantitative estimate of drug-likeness (QED) is 0.737. The van der Waals surface area contributed by atoms with Gasteiger partial charge in [-0.15, -0.1) is 0 Å². The van der Waals surface area contributed by atoms with Gasteiger partial charge in [0.05, 0.1) is 6.61 Å². The molecular weight excluding hydrogens is 178 g/mol. The highest BCUT2D eigenvalue weighted by Gasteiger charge is 2.16. The third kappa shape index (κ3) is 1.92. The average Bonchev–Trinajstić information content (AvgIpc) is 2.02. The lowest BCUT2D eigenvalue weighted by molar-refractivity contribution is 0.141. The molecule has 0 aliphatic carbocycles. The lowest BCUT2D eigenvalue weighted by Crippen LogP contribution is -2.05. The highest BCUT2D eigenvalue weighted by Crippen LogP contribution is 2.25. The summed E-state index contributed by atoms with van der Waals surface area (Å²) in [4.78, 5) is 3.61. The molecule has 0 aliphatic heterocycles. The van der Waals surface area contributed by atoms with Gasteiger partial charge in [-0.3, -0.25) is 4.98 Å². The Morgan fingerprint density at radius 2 is 2.23 bits per heavy atom. The van der Waals surface area contributed by atoms with E-state index in [1.54, 1.807) is 6.92 Å². The number of halogens is 2. The summed E-state index contributed by atoms with van der Waals surface area (Å²) in [6.07, 6.45) is -2.70. The number of rotatable bonds is 2. The number of nitrogens with two attached hydrogens (primary N) is 1. The first-order chi connectivity index (χ1) is 6.06. The molecule has 0 atom stereocenters. The van der Waals surface area contributed by atoms with E-state index in [-0.39, 0.29) is 11.3 Å². The molecule has 1 aromatic heterocycles. The van der Waals surface area contributed by atoms with Crippen LogP contribution in [0.25, 0.3) is 0 Å². The fraction of sp³-hybridized carbons (Fsp3) is 0.375. The minimum Gasteiger partial charge on any atom is -0.398 e. The van der Waals surface area contributed by atoms with Gasteiger partial charge in [0.1, 0.15) is 5.69 Å². The van der Waals surface area contributed by atoms with Gasteiger partial charge in [-0.25, -0.2) is 8.78 Å². The summed E-state index contributed by atoms with van der Waals surface area (Å²) in [6.45, 7) is 1.06. The number of nitrogens with zero attached hydrogens (tertiary/aromatic N) is 1. The molecule has 0 saturated carbocycles. The Morgan fingerprint density at radius 1 is 1.62 bits per heavy atom. The zero-order valence-electron chi connectivity index (χ0n) is 7.09. The van der Waals surface area contributed by atoms with Gasteiger partial charge in [0.2, 0.25) is 0 Å².